The second kappa shape index (κ2) is 15.6. The van der Waals surface area contributed by atoms with Gasteiger partial charge in [0.2, 0.25) is 0 Å². The summed E-state index contributed by atoms with van der Waals surface area (Å²) in [5.74, 6) is -2.42. The van der Waals surface area contributed by atoms with Gasteiger partial charge in [0, 0.05) is 0 Å². The number of carbonyl (C=O) groups is 4. The fraction of sp³-hybridized carbons (Fsp3) is 0. The molecule has 0 aromatic heterocycles. The third kappa shape index (κ3) is 8.58. The smallest absolute Gasteiger partial charge is 0.337 e. The molecule has 6 aromatic carbocycles. The van der Waals surface area contributed by atoms with E-state index >= 15 is 0 Å². The van der Waals surface area contributed by atoms with E-state index in [1.165, 1.54) is 36.4 Å². The van der Waals surface area contributed by atoms with E-state index in [-0.39, 0.29) is 22.3 Å². The molecule has 0 spiro atoms. The summed E-state index contributed by atoms with van der Waals surface area (Å²) in [6.07, 6.45) is 0. The molecular weight excluding hydrogens is 640 g/mol. The van der Waals surface area contributed by atoms with Gasteiger partial charge in [0.1, 0.15) is 23.0 Å². The summed E-state index contributed by atoms with van der Waals surface area (Å²) in [5, 5.41) is 36.4. The third-order valence-corrected chi connectivity index (χ3v) is 7.27. The van der Waals surface area contributed by atoms with Crippen molar-refractivity contribution in [2.45, 2.75) is 0 Å². The maximum absolute atomic E-state index is 11.3. The normalized spacial score (nSPS) is 10.2. The van der Waals surface area contributed by atoms with Crippen LogP contribution < -0.4 is 9.47 Å². The largest absolute Gasteiger partial charge is 0.478 e. The molecule has 0 heterocycles. The lowest BCUT2D eigenvalue weighted by molar-refractivity contribution is 0.0652. The minimum absolute atomic E-state index is 0.163. The van der Waals surface area contributed by atoms with E-state index in [2.05, 4.69) is 0 Å². The molecule has 6 rings (SSSR count). The van der Waals surface area contributed by atoms with Crippen molar-refractivity contribution in [1.29, 1.82) is 0 Å². The maximum Gasteiger partial charge on any atom is 0.337 e. The van der Waals surface area contributed by atoms with Crippen LogP contribution in [0.25, 0.3) is 22.3 Å². The number of hydrogen-bond acceptors (Lipinski definition) is 6. The number of ether oxygens (including phenoxy) is 2. The highest BCUT2D eigenvalue weighted by Gasteiger charge is 2.20. The first-order valence-corrected chi connectivity index (χ1v) is 15.0. The van der Waals surface area contributed by atoms with Crippen LogP contribution in [0.2, 0.25) is 0 Å². The van der Waals surface area contributed by atoms with Gasteiger partial charge in [0.05, 0.1) is 22.3 Å². The van der Waals surface area contributed by atoms with Crippen LogP contribution in [0.3, 0.4) is 0 Å². The van der Waals surface area contributed by atoms with Gasteiger partial charge in [-0.15, -0.1) is 0 Å². The Bertz CT molecular complexity index is 2060. The fourth-order valence-corrected chi connectivity index (χ4v) is 4.91. The average Bonchev–Trinajstić information content (AvgIpc) is 3.13. The molecule has 0 saturated heterocycles. The molecular formula is C40H28O10. The van der Waals surface area contributed by atoms with Crippen LogP contribution in [0.5, 0.6) is 23.0 Å². The Morgan fingerprint density at radius 3 is 1.26 bits per heavy atom. The second-order valence-electron chi connectivity index (χ2n) is 10.6. The lowest BCUT2D eigenvalue weighted by atomic mass is 9.95. The monoisotopic (exact) mass is 668 g/mol. The lowest BCUT2D eigenvalue weighted by Gasteiger charge is -2.09. The van der Waals surface area contributed by atoms with E-state index in [9.17, 15) is 24.3 Å². The van der Waals surface area contributed by atoms with E-state index < -0.39 is 23.9 Å². The number of carboxylic acids is 4. The highest BCUT2D eigenvalue weighted by atomic mass is 16.5. The summed E-state index contributed by atoms with van der Waals surface area (Å²) in [6, 6.07) is 40.8. The van der Waals surface area contributed by atoms with Gasteiger partial charge in [-0.2, -0.15) is 0 Å². The van der Waals surface area contributed by atoms with Gasteiger partial charge in [-0.3, -0.25) is 0 Å². The van der Waals surface area contributed by atoms with Crippen LogP contribution in [0.15, 0.2) is 146 Å². The Kier molecular flexibility index (Phi) is 10.6. The maximum atomic E-state index is 11.3. The Balaban J connectivity index is 0.000000228. The second-order valence-corrected chi connectivity index (χ2v) is 10.6. The van der Waals surface area contributed by atoms with Gasteiger partial charge < -0.3 is 29.9 Å². The highest BCUT2D eigenvalue weighted by molar-refractivity contribution is 6.06. The molecule has 4 N–H and O–H groups in total. The molecule has 0 saturated carbocycles. The number of benzene rings is 6. The first-order chi connectivity index (χ1) is 24.1. The molecule has 0 amide bonds. The van der Waals surface area contributed by atoms with Crippen molar-refractivity contribution < 1.29 is 49.1 Å². The minimum atomic E-state index is -1.25. The zero-order valence-electron chi connectivity index (χ0n) is 26.1. The van der Waals surface area contributed by atoms with Crippen molar-refractivity contribution >= 4 is 23.9 Å². The molecule has 248 valence electrons. The lowest BCUT2D eigenvalue weighted by Crippen LogP contribution is -2.09. The molecule has 0 atom stereocenters. The van der Waals surface area contributed by atoms with Gasteiger partial charge in [-0.1, -0.05) is 78.9 Å². The first kappa shape index (κ1) is 34.1. The SMILES string of the molecule is O=C(O)c1cccc(-c2ccccc2)c1C(=O)O.O=C(O)c1cccc(Oc2ccc(-c3ccc(Oc4cccc(C(=O)O)c4)cc3)cc2)c1. The van der Waals surface area contributed by atoms with Crippen molar-refractivity contribution in [2.24, 2.45) is 0 Å². The van der Waals surface area contributed by atoms with E-state index in [1.54, 1.807) is 54.6 Å². The molecule has 0 aliphatic heterocycles. The van der Waals surface area contributed by atoms with Gasteiger partial charge in [0.25, 0.3) is 0 Å². The predicted octanol–water partition coefficient (Wildman–Crippen LogP) is 9.08. The molecule has 0 radical (unpaired) electrons. The van der Waals surface area contributed by atoms with Crippen molar-refractivity contribution in [3.8, 4) is 45.3 Å². The topological polar surface area (TPSA) is 168 Å². The zero-order valence-corrected chi connectivity index (χ0v) is 26.1. The molecule has 0 aliphatic rings. The predicted molar refractivity (Wildman–Crippen MR) is 185 cm³/mol. The van der Waals surface area contributed by atoms with Crippen LogP contribution in [0.1, 0.15) is 41.4 Å². The van der Waals surface area contributed by atoms with E-state index in [1.807, 2.05) is 54.6 Å². The minimum Gasteiger partial charge on any atom is -0.478 e. The van der Waals surface area contributed by atoms with Crippen LogP contribution in [0.4, 0.5) is 0 Å². The quantitative estimate of drug-likeness (QED) is 0.110. The fourth-order valence-electron chi connectivity index (χ4n) is 4.91. The summed E-state index contributed by atoms with van der Waals surface area (Å²) in [5.41, 5.74) is 2.96. The molecule has 10 heteroatoms. The van der Waals surface area contributed by atoms with Gasteiger partial charge in [-0.25, -0.2) is 19.2 Å². The van der Waals surface area contributed by atoms with Crippen molar-refractivity contribution in [3.05, 3.63) is 168 Å². The zero-order chi connectivity index (χ0) is 35.6. The molecule has 50 heavy (non-hydrogen) atoms. The van der Waals surface area contributed by atoms with Crippen LogP contribution >= 0.6 is 0 Å². The Hall–Kier alpha value is -7.20. The van der Waals surface area contributed by atoms with Crippen LogP contribution in [-0.2, 0) is 0 Å². The molecule has 0 unspecified atom stereocenters. The van der Waals surface area contributed by atoms with Gasteiger partial charge in [0.15, 0.2) is 0 Å². The summed E-state index contributed by atoms with van der Waals surface area (Å²) >= 11 is 0. The molecule has 6 aromatic rings. The summed E-state index contributed by atoms with van der Waals surface area (Å²) in [6.45, 7) is 0. The van der Waals surface area contributed by atoms with E-state index in [0.29, 0.717) is 34.1 Å². The molecule has 0 bridgehead atoms. The number of hydrogen-bond donors (Lipinski definition) is 4. The number of aromatic carboxylic acids is 4. The Labute approximate surface area is 285 Å². The van der Waals surface area contributed by atoms with Gasteiger partial charge >= 0.3 is 23.9 Å². The number of rotatable bonds is 10. The van der Waals surface area contributed by atoms with E-state index in [4.69, 9.17) is 24.8 Å². The summed E-state index contributed by atoms with van der Waals surface area (Å²) in [7, 11) is 0. The summed E-state index contributed by atoms with van der Waals surface area (Å²) < 4.78 is 11.5. The van der Waals surface area contributed by atoms with Crippen molar-refractivity contribution in [1.82, 2.24) is 0 Å². The van der Waals surface area contributed by atoms with Gasteiger partial charge in [-0.05, 0) is 89.0 Å². The summed E-state index contributed by atoms with van der Waals surface area (Å²) in [4.78, 5) is 44.5. The number of carboxylic acid groups (broad SMARTS) is 4. The van der Waals surface area contributed by atoms with Crippen molar-refractivity contribution in [3.63, 3.8) is 0 Å². The van der Waals surface area contributed by atoms with Crippen LogP contribution in [0, 0.1) is 0 Å². The standard InChI is InChI=1S/C26H18O6.C14H10O4/c27-25(28)19-3-1-5-23(15-19)31-21-11-7-17(8-12-21)18-9-13-22(14-10-18)32-24-6-2-4-20(16-24)26(29)30;15-13(16)11-8-4-7-10(12(11)14(17)18)9-5-2-1-3-6-9/h1-16H,(H,27,28)(H,29,30);1-8H,(H,15,16)(H,17,18). The highest BCUT2D eigenvalue weighted by Crippen LogP contribution is 2.30. The van der Waals surface area contributed by atoms with Crippen molar-refractivity contribution in [2.75, 3.05) is 0 Å². The third-order valence-electron chi connectivity index (χ3n) is 7.27. The van der Waals surface area contributed by atoms with Crippen LogP contribution in [-0.4, -0.2) is 44.3 Å². The average molecular weight is 669 g/mol. The Morgan fingerprint density at radius 2 is 0.840 bits per heavy atom. The molecule has 0 aliphatic carbocycles. The first-order valence-electron chi connectivity index (χ1n) is 15.0. The Morgan fingerprint density at radius 1 is 0.380 bits per heavy atom. The molecule has 10 nitrogen and oxygen atoms in total. The van der Waals surface area contributed by atoms with E-state index in [0.717, 1.165) is 11.1 Å². The molecule has 0 fully saturated rings.